The minimum Gasteiger partial charge on any atom is -1.00 e. The van der Waals surface area contributed by atoms with Gasteiger partial charge in [0.1, 0.15) is 0 Å². The van der Waals surface area contributed by atoms with Gasteiger partial charge >= 0.3 is 35.0 Å². The summed E-state index contributed by atoms with van der Waals surface area (Å²) >= 11 is 0. The number of carbonyl (C=O) groups is 2. The third kappa shape index (κ3) is 16.0. The van der Waals surface area contributed by atoms with E-state index in [1.54, 1.807) is 0 Å². The summed E-state index contributed by atoms with van der Waals surface area (Å²) in [6.45, 7) is 6.73. The number of hydrogen-bond acceptors (Lipinski definition) is 3. The number of carbonyl (C=O) groups excluding carboxylic acids is 1. The van der Waals surface area contributed by atoms with Gasteiger partial charge in [-0.15, -0.1) is 0 Å². The van der Waals surface area contributed by atoms with Crippen molar-refractivity contribution in [3.8, 4) is 0 Å². The molecule has 0 saturated heterocycles. The fourth-order valence-corrected chi connectivity index (χ4v) is 4.16. The summed E-state index contributed by atoms with van der Waals surface area (Å²) in [5.41, 5.74) is -1.35. The molecule has 1 atom stereocenters. The molecule has 1 N–H and O–H groups in total. The molecular formula is C26H52MgO4. The Balaban J connectivity index is -0.00000140. The van der Waals surface area contributed by atoms with Crippen LogP contribution in [0.25, 0.3) is 0 Å². The van der Waals surface area contributed by atoms with Crippen molar-refractivity contribution in [2.45, 2.75) is 143 Å². The van der Waals surface area contributed by atoms with Crippen LogP contribution >= 0.6 is 0 Å². The first-order valence-corrected chi connectivity index (χ1v) is 13.0. The van der Waals surface area contributed by atoms with Crippen LogP contribution in [0, 0.1) is 5.41 Å². The fourth-order valence-electron chi connectivity index (χ4n) is 4.16. The third-order valence-electron chi connectivity index (χ3n) is 6.17. The first kappa shape index (κ1) is 32.9. The minimum atomic E-state index is -1.35. The Morgan fingerprint density at radius 3 is 1.48 bits per heavy atom. The van der Waals surface area contributed by atoms with Crippen molar-refractivity contribution in [1.29, 1.82) is 0 Å². The van der Waals surface area contributed by atoms with Crippen LogP contribution in [0.5, 0.6) is 0 Å². The van der Waals surface area contributed by atoms with Gasteiger partial charge in [-0.25, -0.2) is 0 Å². The van der Waals surface area contributed by atoms with Crippen molar-refractivity contribution in [3.63, 3.8) is 0 Å². The molecule has 31 heavy (non-hydrogen) atoms. The van der Waals surface area contributed by atoms with Crippen LogP contribution in [0.3, 0.4) is 0 Å². The van der Waals surface area contributed by atoms with Gasteiger partial charge in [-0.2, -0.15) is 0 Å². The molecule has 0 bridgehead atoms. The summed E-state index contributed by atoms with van der Waals surface area (Å²) < 4.78 is 5.47. The van der Waals surface area contributed by atoms with Crippen molar-refractivity contribution in [2.24, 2.45) is 5.41 Å². The Hall–Kier alpha value is -0.294. The van der Waals surface area contributed by atoms with Gasteiger partial charge in [0.25, 0.3) is 0 Å². The molecule has 1 unspecified atom stereocenters. The van der Waals surface area contributed by atoms with Gasteiger partial charge in [-0.1, -0.05) is 124 Å². The van der Waals surface area contributed by atoms with E-state index in [0.717, 1.165) is 32.1 Å². The predicted molar refractivity (Wildman–Crippen MR) is 134 cm³/mol. The maximum Gasteiger partial charge on any atom is 2.00 e. The van der Waals surface area contributed by atoms with Crippen LogP contribution in [-0.4, -0.2) is 46.7 Å². The van der Waals surface area contributed by atoms with Crippen LogP contribution in [0.1, 0.15) is 146 Å². The number of aliphatic carboxylic acids is 1. The van der Waals surface area contributed by atoms with Gasteiger partial charge in [0.15, 0.2) is 5.41 Å². The average molecular weight is 453 g/mol. The monoisotopic (exact) mass is 452 g/mol. The first-order valence-electron chi connectivity index (χ1n) is 13.0. The SMILES string of the molecule is CCCCCCCCCCOC(=O)C(CCC)(CCCCCCCCCC)C(=O)O.[H-].[H-].[Mg+2]. The van der Waals surface area contributed by atoms with Crippen LogP contribution in [-0.2, 0) is 14.3 Å². The molecule has 0 saturated carbocycles. The smallest absolute Gasteiger partial charge is 1.00 e. The van der Waals surface area contributed by atoms with E-state index in [1.165, 1.54) is 70.6 Å². The molecule has 0 aliphatic rings. The molecule has 182 valence electrons. The summed E-state index contributed by atoms with van der Waals surface area (Å²) in [6, 6.07) is 0. The number of rotatable bonds is 22. The predicted octanol–water partition coefficient (Wildman–Crippen LogP) is 7.92. The number of carboxylic acids is 1. The van der Waals surface area contributed by atoms with Gasteiger partial charge < -0.3 is 12.7 Å². The summed E-state index contributed by atoms with van der Waals surface area (Å²) in [5.74, 6) is -1.52. The zero-order chi connectivity index (χ0) is 22.5. The van der Waals surface area contributed by atoms with Gasteiger partial charge in [0.2, 0.25) is 0 Å². The quantitative estimate of drug-likeness (QED) is 0.0783. The van der Waals surface area contributed by atoms with E-state index in [-0.39, 0.29) is 25.9 Å². The van der Waals surface area contributed by atoms with Gasteiger partial charge in [-0.3, -0.25) is 9.59 Å². The maximum absolute atomic E-state index is 12.7. The number of esters is 1. The van der Waals surface area contributed by atoms with E-state index < -0.39 is 17.4 Å². The largest absolute Gasteiger partial charge is 2.00 e. The summed E-state index contributed by atoms with van der Waals surface area (Å²) in [4.78, 5) is 24.8. The van der Waals surface area contributed by atoms with E-state index in [2.05, 4.69) is 13.8 Å². The molecule has 0 radical (unpaired) electrons. The second-order valence-corrected chi connectivity index (χ2v) is 8.97. The minimum absolute atomic E-state index is 0. The normalized spacial score (nSPS) is 12.7. The molecule has 0 rings (SSSR count). The van der Waals surface area contributed by atoms with Gasteiger partial charge in [-0.05, 0) is 19.3 Å². The van der Waals surface area contributed by atoms with E-state index >= 15 is 0 Å². The molecule has 0 aromatic carbocycles. The Bertz CT molecular complexity index is 439. The van der Waals surface area contributed by atoms with Crippen LogP contribution in [0.15, 0.2) is 0 Å². The Morgan fingerprint density at radius 2 is 1.06 bits per heavy atom. The summed E-state index contributed by atoms with van der Waals surface area (Å²) in [5, 5.41) is 9.87. The van der Waals surface area contributed by atoms with Crippen LogP contribution in [0.4, 0.5) is 0 Å². The Morgan fingerprint density at radius 1 is 0.645 bits per heavy atom. The molecule has 0 heterocycles. The van der Waals surface area contributed by atoms with E-state index in [9.17, 15) is 14.7 Å². The molecule has 0 aromatic heterocycles. The molecule has 0 aromatic rings. The van der Waals surface area contributed by atoms with Crippen molar-refractivity contribution >= 4 is 35.0 Å². The fraction of sp³-hybridized carbons (Fsp3) is 0.923. The average Bonchev–Trinajstić information content (AvgIpc) is 2.73. The zero-order valence-corrected chi connectivity index (χ0v) is 22.4. The molecule has 0 aliphatic heterocycles. The molecule has 0 amide bonds. The van der Waals surface area contributed by atoms with E-state index in [4.69, 9.17) is 4.74 Å². The van der Waals surface area contributed by atoms with Crippen molar-refractivity contribution in [1.82, 2.24) is 0 Å². The summed E-state index contributed by atoms with van der Waals surface area (Å²) in [6.07, 6.45) is 20.1. The molecule has 0 spiro atoms. The number of unbranched alkanes of at least 4 members (excludes halogenated alkanes) is 14. The summed E-state index contributed by atoms with van der Waals surface area (Å²) in [7, 11) is 0. The Kier molecular flexibility index (Phi) is 24.3. The number of ether oxygens (including phenoxy) is 1. The van der Waals surface area contributed by atoms with Crippen molar-refractivity contribution < 1.29 is 22.3 Å². The van der Waals surface area contributed by atoms with Crippen molar-refractivity contribution in [2.75, 3.05) is 6.61 Å². The second kappa shape index (κ2) is 22.9. The molecule has 0 aliphatic carbocycles. The van der Waals surface area contributed by atoms with E-state index in [1.807, 2.05) is 6.92 Å². The van der Waals surface area contributed by atoms with E-state index in [0.29, 0.717) is 25.9 Å². The molecular weight excluding hydrogens is 401 g/mol. The first-order chi connectivity index (χ1) is 14.5. The topological polar surface area (TPSA) is 63.6 Å². The molecule has 0 fully saturated rings. The molecule has 5 heteroatoms. The second-order valence-electron chi connectivity index (χ2n) is 8.97. The Labute approximate surface area is 211 Å². The number of carboxylic acid groups (broad SMARTS) is 1. The van der Waals surface area contributed by atoms with Gasteiger partial charge in [0.05, 0.1) is 6.61 Å². The standard InChI is InChI=1S/C26H50O4.Mg.2H/c1-4-7-9-11-13-15-17-19-22-26(21-6-3,24(27)28)25(29)30-23-20-18-16-14-12-10-8-5-2;;;/h4-23H2,1-3H3,(H,27,28);;;/q;+2;2*-1. The van der Waals surface area contributed by atoms with Gasteiger partial charge in [0, 0.05) is 0 Å². The maximum atomic E-state index is 12.7. The van der Waals surface area contributed by atoms with Crippen LogP contribution < -0.4 is 0 Å². The van der Waals surface area contributed by atoms with Crippen molar-refractivity contribution in [3.05, 3.63) is 0 Å². The number of hydrogen-bond donors (Lipinski definition) is 1. The molecule has 4 nitrogen and oxygen atoms in total. The zero-order valence-electron chi connectivity index (χ0n) is 23.0. The van der Waals surface area contributed by atoms with Crippen LogP contribution in [0.2, 0.25) is 0 Å². The third-order valence-corrected chi connectivity index (χ3v) is 6.17.